The molecule has 4 atom stereocenters. The monoisotopic (exact) mass is 655 g/mol. The van der Waals surface area contributed by atoms with Crippen molar-refractivity contribution < 1.29 is 29.0 Å². The number of amides is 4. The van der Waals surface area contributed by atoms with E-state index in [1.165, 1.54) is 16.2 Å². The molecule has 0 radical (unpaired) electrons. The quantitative estimate of drug-likeness (QED) is 0.163. The van der Waals surface area contributed by atoms with Gasteiger partial charge in [-0.3, -0.25) is 10.3 Å². The van der Waals surface area contributed by atoms with Gasteiger partial charge in [-0.1, -0.05) is 13.8 Å². The fraction of sp³-hybridized carbons (Fsp3) is 0.690. The van der Waals surface area contributed by atoms with Crippen LogP contribution in [0, 0.1) is 0 Å². The molecule has 13 nitrogen and oxygen atoms in total. The normalized spacial score (nSPS) is 14.3. The van der Waals surface area contributed by atoms with Gasteiger partial charge in [-0.25, -0.2) is 19.4 Å². The number of carbonyl (C=O) groups is 3. The topological polar surface area (TPSA) is 167 Å². The lowest BCUT2D eigenvalue weighted by Gasteiger charge is -2.30. The van der Waals surface area contributed by atoms with E-state index in [2.05, 4.69) is 45.1 Å². The SMILES string of the molecule is CC(CCC(C)NC(O)C(CCNC(=O)OC(C)(C)C)NC(=O)N(C)Cc1csc(C(C)C)n1)NC(=O)OCc1cncs1. The highest BCUT2D eigenvalue weighted by Crippen LogP contribution is 2.20. The molecule has 0 fully saturated rings. The molecule has 15 heteroatoms. The number of ether oxygens (including phenoxy) is 2. The lowest BCUT2D eigenvalue weighted by Crippen LogP contribution is -2.55. The van der Waals surface area contributed by atoms with Gasteiger partial charge in [0.1, 0.15) is 18.4 Å². The number of hydrogen-bond donors (Lipinski definition) is 5. The van der Waals surface area contributed by atoms with E-state index < -0.39 is 30.1 Å². The number of alkyl carbamates (subject to hydrolysis) is 2. The first kappa shape index (κ1) is 37.2. The van der Waals surface area contributed by atoms with Crippen molar-refractivity contribution in [1.29, 1.82) is 0 Å². The van der Waals surface area contributed by atoms with Gasteiger partial charge in [-0.2, -0.15) is 0 Å². The Hall–Kier alpha value is -3.01. The summed E-state index contributed by atoms with van der Waals surface area (Å²) in [5.41, 5.74) is 1.83. The molecule has 5 N–H and O–H groups in total. The molecule has 4 amide bonds. The van der Waals surface area contributed by atoms with Crippen LogP contribution in [0.25, 0.3) is 0 Å². The van der Waals surface area contributed by atoms with Gasteiger partial charge in [0.25, 0.3) is 0 Å². The van der Waals surface area contributed by atoms with Crippen molar-refractivity contribution in [3.8, 4) is 0 Å². The molecular formula is C29H49N7O6S2. The van der Waals surface area contributed by atoms with E-state index in [-0.39, 0.29) is 37.7 Å². The average Bonchev–Trinajstić information content (AvgIpc) is 3.61. The van der Waals surface area contributed by atoms with Crippen LogP contribution in [0.1, 0.15) is 89.2 Å². The molecule has 2 aromatic heterocycles. The maximum Gasteiger partial charge on any atom is 0.407 e. The highest BCUT2D eigenvalue weighted by Gasteiger charge is 2.25. The van der Waals surface area contributed by atoms with Crippen molar-refractivity contribution in [2.45, 2.75) is 117 Å². The second kappa shape index (κ2) is 18.1. The van der Waals surface area contributed by atoms with Gasteiger partial charge in [0.2, 0.25) is 0 Å². The second-order valence-corrected chi connectivity index (χ2v) is 14.0. The first-order valence-corrected chi connectivity index (χ1v) is 16.6. The maximum absolute atomic E-state index is 13.1. The molecule has 0 aromatic carbocycles. The molecule has 4 unspecified atom stereocenters. The third-order valence-corrected chi connectivity index (χ3v) is 8.25. The van der Waals surface area contributed by atoms with Crippen LogP contribution >= 0.6 is 22.7 Å². The van der Waals surface area contributed by atoms with Gasteiger partial charge in [0, 0.05) is 43.2 Å². The lowest BCUT2D eigenvalue weighted by atomic mass is 10.1. The van der Waals surface area contributed by atoms with Crippen LogP contribution in [-0.4, -0.2) is 81.7 Å². The molecule has 0 aliphatic rings. The van der Waals surface area contributed by atoms with Crippen LogP contribution < -0.4 is 21.3 Å². The summed E-state index contributed by atoms with van der Waals surface area (Å²) in [6.07, 6.45) is 0.972. The zero-order valence-electron chi connectivity index (χ0n) is 27.0. The minimum absolute atomic E-state index is 0.150. The third-order valence-electron chi connectivity index (χ3n) is 6.30. The highest BCUT2D eigenvalue weighted by atomic mass is 32.1. The number of nitrogens with one attached hydrogen (secondary N) is 4. The summed E-state index contributed by atoms with van der Waals surface area (Å²) in [5.74, 6) is 0.305. The summed E-state index contributed by atoms with van der Waals surface area (Å²) >= 11 is 2.98. The predicted octanol–water partition coefficient (Wildman–Crippen LogP) is 4.54. The van der Waals surface area contributed by atoms with Gasteiger partial charge >= 0.3 is 18.2 Å². The minimum Gasteiger partial charge on any atom is -0.444 e. The van der Waals surface area contributed by atoms with Crippen molar-refractivity contribution in [2.24, 2.45) is 0 Å². The molecule has 0 aliphatic heterocycles. The van der Waals surface area contributed by atoms with Crippen molar-refractivity contribution in [1.82, 2.24) is 36.1 Å². The van der Waals surface area contributed by atoms with E-state index in [0.29, 0.717) is 25.3 Å². The van der Waals surface area contributed by atoms with Gasteiger partial charge < -0.3 is 35.4 Å². The molecule has 0 spiro atoms. The number of aromatic nitrogens is 2. The van der Waals surface area contributed by atoms with Gasteiger partial charge in [-0.15, -0.1) is 22.7 Å². The Morgan fingerprint density at radius 2 is 1.73 bits per heavy atom. The molecule has 44 heavy (non-hydrogen) atoms. The summed E-state index contributed by atoms with van der Waals surface area (Å²) < 4.78 is 10.5. The van der Waals surface area contributed by atoms with Crippen LogP contribution in [0.2, 0.25) is 0 Å². The van der Waals surface area contributed by atoms with Gasteiger partial charge in [0.05, 0.1) is 33.7 Å². The Balaban J connectivity index is 1.90. The molecule has 248 valence electrons. The Labute approximate surface area is 268 Å². The van der Waals surface area contributed by atoms with E-state index >= 15 is 0 Å². The van der Waals surface area contributed by atoms with Crippen molar-refractivity contribution >= 4 is 40.9 Å². The molecule has 2 heterocycles. The molecule has 2 rings (SSSR count). The minimum atomic E-state index is -1.11. The number of nitrogens with zero attached hydrogens (tertiary/aromatic N) is 3. The maximum atomic E-state index is 13.1. The molecule has 0 saturated heterocycles. The van der Waals surface area contributed by atoms with Crippen LogP contribution in [0.5, 0.6) is 0 Å². The Kier molecular flexibility index (Phi) is 15.3. The average molecular weight is 656 g/mol. The van der Waals surface area contributed by atoms with Crippen molar-refractivity contribution in [3.05, 3.63) is 32.7 Å². The summed E-state index contributed by atoms with van der Waals surface area (Å²) in [7, 11) is 1.67. The smallest absolute Gasteiger partial charge is 0.407 e. The van der Waals surface area contributed by atoms with E-state index in [4.69, 9.17) is 9.47 Å². The molecule has 2 aromatic rings. The first-order valence-electron chi connectivity index (χ1n) is 14.8. The van der Waals surface area contributed by atoms with Gasteiger partial charge in [0.15, 0.2) is 0 Å². The van der Waals surface area contributed by atoms with E-state index in [9.17, 15) is 19.5 Å². The molecule has 0 bridgehead atoms. The summed E-state index contributed by atoms with van der Waals surface area (Å²) in [4.78, 5) is 48.3. The standard InChI is InChI=1S/C29H49N7O6S2/c1-18(2)25-34-21(16-43-25)14-36(8)26(38)35-23(11-12-31-27(39)42-29(5,6)7)24(37)32-19(3)9-10-20(4)33-28(40)41-15-22-13-30-17-44-22/h13,16-20,23-24,32,37H,9-12,14-15H2,1-8H3,(H,31,39)(H,33,40)(H,35,38). The Morgan fingerprint density at radius 1 is 1.02 bits per heavy atom. The first-order chi connectivity index (χ1) is 20.6. The van der Waals surface area contributed by atoms with E-state index in [1.807, 2.05) is 19.2 Å². The highest BCUT2D eigenvalue weighted by molar-refractivity contribution is 7.09. The van der Waals surface area contributed by atoms with Crippen LogP contribution in [0.4, 0.5) is 14.4 Å². The summed E-state index contributed by atoms with van der Waals surface area (Å²) in [6.45, 7) is 13.9. The second-order valence-electron chi connectivity index (χ2n) is 12.1. The molecular weight excluding hydrogens is 606 g/mol. The predicted molar refractivity (Wildman–Crippen MR) is 172 cm³/mol. The fourth-order valence-electron chi connectivity index (χ4n) is 3.95. The number of rotatable bonds is 16. The van der Waals surface area contributed by atoms with Crippen LogP contribution in [-0.2, 0) is 22.6 Å². The molecule has 0 aliphatic carbocycles. The number of aliphatic hydroxyl groups excluding tert-OH is 1. The summed E-state index contributed by atoms with van der Waals surface area (Å²) in [6, 6.07) is -1.41. The van der Waals surface area contributed by atoms with Crippen molar-refractivity contribution in [2.75, 3.05) is 13.6 Å². The zero-order chi connectivity index (χ0) is 32.9. The number of carbonyl (C=O) groups excluding carboxylic acids is 3. The fourth-order valence-corrected chi connectivity index (χ4v) is 5.28. The largest absolute Gasteiger partial charge is 0.444 e. The van der Waals surface area contributed by atoms with Gasteiger partial charge in [-0.05, 0) is 53.9 Å². The summed E-state index contributed by atoms with van der Waals surface area (Å²) in [5, 5.41) is 25.6. The van der Waals surface area contributed by atoms with Crippen molar-refractivity contribution in [3.63, 3.8) is 0 Å². The number of hydrogen-bond acceptors (Lipinski definition) is 11. The molecule has 0 saturated carbocycles. The van der Waals surface area contributed by atoms with Crippen LogP contribution in [0.15, 0.2) is 17.1 Å². The van der Waals surface area contributed by atoms with Crippen LogP contribution in [0.3, 0.4) is 0 Å². The zero-order valence-corrected chi connectivity index (χ0v) is 28.6. The number of urea groups is 1. The van der Waals surface area contributed by atoms with E-state index in [0.717, 1.165) is 15.6 Å². The Bertz CT molecular complexity index is 1160. The number of aliphatic hydroxyl groups is 1. The number of thiazole rings is 2. The Morgan fingerprint density at radius 3 is 2.34 bits per heavy atom. The van der Waals surface area contributed by atoms with E-state index in [1.54, 1.807) is 50.9 Å². The lowest BCUT2D eigenvalue weighted by molar-refractivity contribution is 0.0507. The third kappa shape index (κ3) is 14.6.